The van der Waals surface area contributed by atoms with Gasteiger partial charge in [0.2, 0.25) is 5.91 Å². The maximum atomic E-state index is 12.4. The molecule has 0 radical (unpaired) electrons. The SMILES string of the molecule is CCCCC/C=C\C/C=C\CCCCCCCCCCCC(=O)OCCCCCCCCCCCCCCCCCCCCCCCCCC(=O)NC(CO)C(O)/C=C/CCCCCCCCC. The second-order valence-electron chi connectivity index (χ2n) is 20.7. The van der Waals surface area contributed by atoms with E-state index in [2.05, 4.69) is 43.5 Å². The number of carbonyl (C=O) groups excluding carboxylic acids is 2. The van der Waals surface area contributed by atoms with E-state index in [9.17, 15) is 19.8 Å². The number of esters is 1. The fraction of sp³-hybridized carbons (Fsp3) is 0.871. The summed E-state index contributed by atoms with van der Waals surface area (Å²) in [5.41, 5.74) is 0. The van der Waals surface area contributed by atoms with E-state index in [1.165, 1.54) is 244 Å². The van der Waals surface area contributed by atoms with Gasteiger partial charge in [-0.25, -0.2) is 0 Å². The first-order valence-electron chi connectivity index (χ1n) is 30.3. The van der Waals surface area contributed by atoms with Crippen molar-refractivity contribution in [3.8, 4) is 0 Å². The molecule has 0 aromatic rings. The Hall–Kier alpha value is -1.92. The molecule has 0 fully saturated rings. The van der Waals surface area contributed by atoms with Crippen molar-refractivity contribution in [2.75, 3.05) is 13.2 Å². The van der Waals surface area contributed by atoms with Crippen molar-refractivity contribution >= 4 is 11.9 Å². The van der Waals surface area contributed by atoms with E-state index >= 15 is 0 Å². The van der Waals surface area contributed by atoms with E-state index in [-0.39, 0.29) is 18.5 Å². The zero-order valence-corrected chi connectivity index (χ0v) is 45.6. The molecule has 0 heterocycles. The van der Waals surface area contributed by atoms with Crippen LogP contribution in [-0.2, 0) is 14.3 Å². The summed E-state index contributed by atoms with van der Waals surface area (Å²) < 4.78 is 5.50. The van der Waals surface area contributed by atoms with Crippen LogP contribution >= 0.6 is 0 Å². The largest absolute Gasteiger partial charge is 0.466 e. The van der Waals surface area contributed by atoms with Crippen LogP contribution in [0.1, 0.15) is 322 Å². The van der Waals surface area contributed by atoms with Gasteiger partial charge in [0, 0.05) is 12.8 Å². The molecule has 6 heteroatoms. The van der Waals surface area contributed by atoms with Crippen LogP contribution in [0.25, 0.3) is 0 Å². The molecule has 0 aliphatic carbocycles. The van der Waals surface area contributed by atoms with Gasteiger partial charge in [-0.15, -0.1) is 0 Å². The van der Waals surface area contributed by atoms with Crippen LogP contribution in [-0.4, -0.2) is 47.4 Å². The molecule has 3 N–H and O–H groups in total. The molecule has 0 saturated carbocycles. The molecule has 0 bridgehead atoms. The maximum absolute atomic E-state index is 12.4. The lowest BCUT2D eigenvalue weighted by Gasteiger charge is -2.20. The smallest absolute Gasteiger partial charge is 0.305 e. The minimum absolute atomic E-state index is 0.00985. The Kier molecular flexibility index (Phi) is 56.0. The number of allylic oxidation sites excluding steroid dienone is 5. The van der Waals surface area contributed by atoms with Crippen LogP contribution in [0.5, 0.6) is 0 Å². The second kappa shape index (κ2) is 57.7. The van der Waals surface area contributed by atoms with Crippen molar-refractivity contribution in [3.05, 3.63) is 36.5 Å². The van der Waals surface area contributed by atoms with Gasteiger partial charge in [0.25, 0.3) is 0 Å². The van der Waals surface area contributed by atoms with Crippen molar-refractivity contribution in [1.82, 2.24) is 5.32 Å². The molecule has 2 unspecified atom stereocenters. The zero-order chi connectivity index (χ0) is 49.3. The Bertz CT molecular complexity index is 1100. The van der Waals surface area contributed by atoms with Crippen LogP contribution < -0.4 is 5.32 Å². The van der Waals surface area contributed by atoms with Gasteiger partial charge in [0.1, 0.15) is 0 Å². The van der Waals surface area contributed by atoms with E-state index < -0.39 is 12.1 Å². The first kappa shape index (κ1) is 66.1. The third kappa shape index (κ3) is 53.4. The van der Waals surface area contributed by atoms with Crippen molar-refractivity contribution in [2.45, 2.75) is 334 Å². The lowest BCUT2D eigenvalue weighted by Crippen LogP contribution is -2.45. The topological polar surface area (TPSA) is 95.9 Å². The van der Waals surface area contributed by atoms with E-state index in [1.807, 2.05) is 6.08 Å². The van der Waals surface area contributed by atoms with Gasteiger partial charge in [0.05, 0.1) is 25.4 Å². The number of nitrogens with one attached hydrogen (secondary N) is 1. The Balaban J connectivity index is 3.34. The molecule has 0 aliphatic rings. The molecule has 2 atom stereocenters. The van der Waals surface area contributed by atoms with Gasteiger partial charge in [0.15, 0.2) is 0 Å². The third-order valence-electron chi connectivity index (χ3n) is 13.9. The van der Waals surface area contributed by atoms with E-state index in [0.717, 1.165) is 51.4 Å². The summed E-state index contributed by atoms with van der Waals surface area (Å²) >= 11 is 0. The van der Waals surface area contributed by atoms with Gasteiger partial charge in [-0.05, 0) is 64.2 Å². The molecule has 6 nitrogen and oxygen atoms in total. The highest BCUT2D eigenvalue weighted by Gasteiger charge is 2.18. The Morgan fingerprint density at radius 1 is 0.412 bits per heavy atom. The number of aliphatic hydroxyl groups excluding tert-OH is 2. The number of amides is 1. The molecular weight excluding hydrogens is 839 g/mol. The normalized spacial score (nSPS) is 12.8. The number of ether oxygens (including phenoxy) is 1. The highest BCUT2D eigenvalue weighted by Crippen LogP contribution is 2.17. The van der Waals surface area contributed by atoms with Crippen molar-refractivity contribution in [1.29, 1.82) is 0 Å². The molecule has 400 valence electrons. The van der Waals surface area contributed by atoms with Gasteiger partial charge >= 0.3 is 5.97 Å². The van der Waals surface area contributed by atoms with Gasteiger partial charge in [-0.3, -0.25) is 9.59 Å². The summed E-state index contributed by atoms with van der Waals surface area (Å²) in [6.07, 6.45) is 71.9. The molecular formula is C62H117NO5. The highest BCUT2D eigenvalue weighted by atomic mass is 16.5. The summed E-state index contributed by atoms with van der Waals surface area (Å²) in [7, 11) is 0. The monoisotopic (exact) mass is 956 g/mol. The number of rotatable bonds is 56. The van der Waals surface area contributed by atoms with Crippen molar-refractivity contribution in [3.63, 3.8) is 0 Å². The van der Waals surface area contributed by atoms with Crippen LogP contribution in [0.2, 0.25) is 0 Å². The summed E-state index contributed by atoms with van der Waals surface area (Å²) in [6.45, 7) is 4.86. The van der Waals surface area contributed by atoms with E-state index in [4.69, 9.17) is 4.74 Å². The average molecular weight is 957 g/mol. The van der Waals surface area contributed by atoms with Crippen LogP contribution in [0.4, 0.5) is 0 Å². The van der Waals surface area contributed by atoms with Crippen molar-refractivity contribution in [2.24, 2.45) is 0 Å². The first-order chi connectivity index (χ1) is 33.5. The summed E-state index contributed by atoms with van der Waals surface area (Å²) in [5, 5.41) is 22.9. The van der Waals surface area contributed by atoms with Gasteiger partial charge in [-0.2, -0.15) is 0 Å². The quantitative estimate of drug-likeness (QED) is 0.0321. The lowest BCUT2D eigenvalue weighted by atomic mass is 10.0. The highest BCUT2D eigenvalue weighted by molar-refractivity contribution is 5.76. The van der Waals surface area contributed by atoms with Crippen LogP contribution in [0.3, 0.4) is 0 Å². The number of unbranched alkanes of at least 4 members (excludes halogenated alkanes) is 41. The molecule has 0 aromatic carbocycles. The van der Waals surface area contributed by atoms with Gasteiger partial charge < -0.3 is 20.3 Å². The zero-order valence-electron chi connectivity index (χ0n) is 45.6. The number of aliphatic hydroxyl groups is 2. The van der Waals surface area contributed by atoms with E-state index in [1.54, 1.807) is 6.08 Å². The first-order valence-corrected chi connectivity index (χ1v) is 30.3. The minimum atomic E-state index is -0.842. The Morgan fingerprint density at radius 3 is 1.15 bits per heavy atom. The average Bonchev–Trinajstić information content (AvgIpc) is 3.34. The molecule has 0 spiro atoms. The predicted octanol–water partition coefficient (Wildman–Crippen LogP) is 18.8. The molecule has 0 rings (SSSR count). The van der Waals surface area contributed by atoms with Crippen LogP contribution in [0.15, 0.2) is 36.5 Å². The summed E-state index contributed by atoms with van der Waals surface area (Å²) in [6, 6.07) is -0.625. The maximum Gasteiger partial charge on any atom is 0.305 e. The molecule has 0 saturated heterocycles. The summed E-state index contributed by atoms with van der Waals surface area (Å²) in [5.74, 6) is -0.0600. The molecule has 1 amide bonds. The number of hydrogen-bond acceptors (Lipinski definition) is 5. The number of carbonyl (C=O) groups is 2. The Labute approximate surface area is 424 Å². The molecule has 0 aromatic heterocycles. The third-order valence-corrected chi connectivity index (χ3v) is 13.9. The molecule has 68 heavy (non-hydrogen) atoms. The second-order valence-corrected chi connectivity index (χ2v) is 20.7. The molecule has 0 aliphatic heterocycles. The van der Waals surface area contributed by atoms with Crippen LogP contribution in [0, 0.1) is 0 Å². The fourth-order valence-electron chi connectivity index (χ4n) is 9.25. The fourth-order valence-corrected chi connectivity index (χ4v) is 9.25. The lowest BCUT2D eigenvalue weighted by molar-refractivity contribution is -0.143. The standard InChI is InChI=1S/C62H117NO5/c1-3-5-7-9-11-13-14-15-16-17-23-27-30-33-36-40-44-48-52-56-62(67)68-57-53-49-45-41-37-34-31-28-25-22-20-18-19-21-24-26-29-32-35-39-43-47-51-55-61(66)63-59(58-64)60(65)54-50-46-42-38-12-10-8-6-4-2/h11,13,15-16,50,54,59-60,64-65H,3-10,12,14,17-49,51-53,55-58H2,1-2H3,(H,63,66)/b13-11-,16-15-,54-50+. The number of hydrogen-bond donors (Lipinski definition) is 3. The predicted molar refractivity (Wildman–Crippen MR) is 296 cm³/mol. The van der Waals surface area contributed by atoms with Gasteiger partial charge in [-0.1, -0.05) is 281 Å². The van der Waals surface area contributed by atoms with E-state index in [0.29, 0.717) is 19.4 Å². The van der Waals surface area contributed by atoms with Crippen molar-refractivity contribution < 1.29 is 24.5 Å². The summed E-state index contributed by atoms with van der Waals surface area (Å²) in [4.78, 5) is 24.5. The minimum Gasteiger partial charge on any atom is -0.466 e. The Morgan fingerprint density at radius 2 is 0.735 bits per heavy atom.